The van der Waals surface area contributed by atoms with Crippen LogP contribution in [0.1, 0.15) is 11.7 Å². The van der Waals surface area contributed by atoms with Gasteiger partial charge in [-0.2, -0.15) is 0 Å². The first-order valence-electron chi connectivity index (χ1n) is 3.58. The summed E-state index contributed by atoms with van der Waals surface area (Å²) < 4.78 is 4.85. The first-order valence-corrected chi connectivity index (χ1v) is 4.70. The molecule has 0 unspecified atom stereocenters. The van der Waals surface area contributed by atoms with Gasteiger partial charge in [0, 0.05) is 5.33 Å². The van der Waals surface area contributed by atoms with Gasteiger partial charge in [-0.05, 0) is 5.56 Å². The van der Waals surface area contributed by atoms with E-state index in [1.807, 2.05) is 30.3 Å². The average Bonchev–Trinajstić information content (AvgIpc) is 2.15. The highest BCUT2D eigenvalue weighted by Gasteiger charge is 2.08. The first-order chi connectivity index (χ1) is 5.88. The topological polar surface area (TPSA) is 26.3 Å². The number of hydrogen-bond acceptors (Lipinski definition) is 2. The Labute approximate surface area is 79.7 Å². The van der Waals surface area contributed by atoms with Gasteiger partial charge in [-0.25, -0.2) is 0 Å². The van der Waals surface area contributed by atoms with Crippen molar-refractivity contribution in [1.29, 1.82) is 0 Å². The van der Waals surface area contributed by atoms with Crippen LogP contribution in [0.25, 0.3) is 0 Å². The van der Waals surface area contributed by atoms with Gasteiger partial charge in [0.05, 0.1) is 0 Å². The van der Waals surface area contributed by atoms with Gasteiger partial charge in [-0.15, -0.1) is 0 Å². The van der Waals surface area contributed by atoms with Crippen LogP contribution in [0.3, 0.4) is 0 Å². The van der Waals surface area contributed by atoms with E-state index in [0.29, 0.717) is 11.8 Å². The van der Waals surface area contributed by atoms with Gasteiger partial charge in [0.2, 0.25) is 0 Å². The summed E-state index contributed by atoms with van der Waals surface area (Å²) >= 11 is 3.27. The zero-order chi connectivity index (χ0) is 8.81. The van der Waals surface area contributed by atoms with Crippen LogP contribution < -0.4 is 0 Å². The Morgan fingerprint density at radius 1 is 1.42 bits per heavy atom. The van der Waals surface area contributed by atoms with Crippen molar-refractivity contribution in [2.75, 3.05) is 5.33 Å². The quantitative estimate of drug-likeness (QED) is 0.584. The Kier molecular flexibility index (Phi) is 3.80. The number of alkyl halides is 1. The molecule has 1 aromatic carbocycles. The molecule has 0 bridgehead atoms. The van der Waals surface area contributed by atoms with Crippen molar-refractivity contribution in [2.24, 2.45) is 0 Å². The van der Waals surface area contributed by atoms with E-state index in [9.17, 15) is 4.79 Å². The lowest BCUT2D eigenvalue weighted by Gasteiger charge is -2.11. The molecule has 0 aliphatic rings. The van der Waals surface area contributed by atoms with E-state index in [0.717, 1.165) is 5.56 Å². The largest absolute Gasteiger partial charge is 0.459 e. The summed E-state index contributed by atoms with van der Waals surface area (Å²) in [4.78, 5) is 10.1. The van der Waals surface area contributed by atoms with E-state index in [1.165, 1.54) is 0 Å². The number of carbonyl (C=O) groups excluding carboxylic acids is 1. The maximum absolute atomic E-state index is 10.1. The van der Waals surface area contributed by atoms with Crippen LogP contribution in [0.4, 0.5) is 0 Å². The van der Waals surface area contributed by atoms with Gasteiger partial charge in [0.15, 0.2) is 0 Å². The molecule has 0 heterocycles. The van der Waals surface area contributed by atoms with Crippen LogP contribution >= 0.6 is 15.9 Å². The number of halogens is 1. The van der Waals surface area contributed by atoms with Crippen molar-refractivity contribution in [3.8, 4) is 0 Å². The molecule has 0 aliphatic heterocycles. The number of rotatable bonds is 4. The van der Waals surface area contributed by atoms with Gasteiger partial charge in [0.25, 0.3) is 6.47 Å². The maximum atomic E-state index is 10.1. The Morgan fingerprint density at radius 2 is 2.08 bits per heavy atom. The molecule has 0 aliphatic carbocycles. The summed E-state index contributed by atoms with van der Waals surface area (Å²) in [5.74, 6) is 0. The standard InChI is InChI=1S/C9H9BrO2/c10-6-9(12-7-11)8-4-2-1-3-5-8/h1-5,7,9H,6H2/t9-/m0/s1. The number of ether oxygens (including phenoxy) is 1. The molecule has 0 aromatic heterocycles. The number of benzene rings is 1. The van der Waals surface area contributed by atoms with Crippen LogP contribution in [0.15, 0.2) is 30.3 Å². The Bertz CT molecular complexity index is 236. The SMILES string of the molecule is O=CO[C@@H](CBr)c1ccccc1. The third-order valence-corrected chi connectivity index (χ3v) is 2.12. The molecule has 1 aromatic rings. The Hall–Kier alpha value is -0.830. The van der Waals surface area contributed by atoms with E-state index in [2.05, 4.69) is 15.9 Å². The highest BCUT2D eigenvalue weighted by Crippen LogP contribution is 2.17. The fourth-order valence-electron chi connectivity index (χ4n) is 0.939. The van der Waals surface area contributed by atoms with Crippen LogP contribution in [-0.4, -0.2) is 11.8 Å². The summed E-state index contributed by atoms with van der Waals surface area (Å²) in [7, 11) is 0. The second-order valence-corrected chi connectivity index (χ2v) is 2.93. The molecule has 2 nitrogen and oxygen atoms in total. The van der Waals surface area contributed by atoms with Crippen molar-refractivity contribution in [2.45, 2.75) is 6.10 Å². The second-order valence-electron chi connectivity index (χ2n) is 2.29. The third-order valence-electron chi connectivity index (χ3n) is 1.53. The van der Waals surface area contributed by atoms with Crippen LogP contribution in [0.5, 0.6) is 0 Å². The minimum absolute atomic E-state index is 0.177. The van der Waals surface area contributed by atoms with Crippen molar-refractivity contribution < 1.29 is 9.53 Å². The normalized spacial score (nSPS) is 12.1. The molecule has 1 rings (SSSR count). The molecule has 0 saturated heterocycles. The van der Waals surface area contributed by atoms with E-state index < -0.39 is 0 Å². The van der Waals surface area contributed by atoms with E-state index >= 15 is 0 Å². The van der Waals surface area contributed by atoms with Crippen LogP contribution in [-0.2, 0) is 9.53 Å². The van der Waals surface area contributed by atoms with Crippen LogP contribution in [0, 0.1) is 0 Å². The van der Waals surface area contributed by atoms with E-state index in [-0.39, 0.29) is 6.10 Å². The predicted molar refractivity (Wildman–Crippen MR) is 50.1 cm³/mol. The minimum atomic E-state index is -0.177. The lowest BCUT2D eigenvalue weighted by molar-refractivity contribution is -0.132. The molecule has 64 valence electrons. The molecule has 0 saturated carbocycles. The maximum Gasteiger partial charge on any atom is 0.293 e. The number of hydrogen-bond donors (Lipinski definition) is 0. The molecule has 0 spiro atoms. The third kappa shape index (κ3) is 2.34. The van der Waals surface area contributed by atoms with Gasteiger partial charge in [-0.1, -0.05) is 46.3 Å². The smallest absolute Gasteiger partial charge is 0.293 e. The highest BCUT2D eigenvalue weighted by molar-refractivity contribution is 9.09. The van der Waals surface area contributed by atoms with E-state index in [4.69, 9.17) is 4.74 Å². The minimum Gasteiger partial charge on any atom is -0.459 e. The second kappa shape index (κ2) is 4.93. The first kappa shape index (κ1) is 9.26. The fourth-order valence-corrected chi connectivity index (χ4v) is 1.47. The zero-order valence-electron chi connectivity index (χ0n) is 6.44. The number of carbonyl (C=O) groups is 1. The molecule has 0 N–H and O–H groups in total. The summed E-state index contributed by atoms with van der Waals surface area (Å²) in [6.07, 6.45) is -0.177. The van der Waals surface area contributed by atoms with Crippen molar-refractivity contribution >= 4 is 22.4 Å². The molecular formula is C9H9BrO2. The van der Waals surface area contributed by atoms with Crippen molar-refractivity contribution in [1.82, 2.24) is 0 Å². The zero-order valence-corrected chi connectivity index (χ0v) is 8.03. The van der Waals surface area contributed by atoms with Gasteiger partial charge < -0.3 is 4.74 Å². The molecule has 0 radical (unpaired) electrons. The monoisotopic (exact) mass is 228 g/mol. The summed E-state index contributed by atoms with van der Waals surface area (Å²) in [6, 6.07) is 9.61. The van der Waals surface area contributed by atoms with Gasteiger partial charge >= 0.3 is 0 Å². The van der Waals surface area contributed by atoms with E-state index in [1.54, 1.807) is 0 Å². The van der Waals surface area contributed by atoms with Crippen LogP contribution in [0.2, 0.25) is 0 Å². The lowest BCUT2D eigenvalue weighted by Crippen LogP contribution is -2.03. The van der Waals surface area contributed by atoms with Gasteiger partial charge in [-0.3, -0.25) is 4.79 Å². The molecule has 1 atom stereocenters. The fraction of sp³-hybridized carbons (Fsp3) is 0.222. The Balaban J connectivity index is 2.72. The Morgan fingerprint density at radius 3 is 2.58 bits per heavy atom. The predicted octanol–water partition coefficient (Wildman–Crippen LogP) is 2.30. The molecule has 12 heavy (non-hydrogen) atoms. The molecule has 3 heteroatoms. The summed E-state index contributed by atoms with van der Waals surface area (Å²) in [5.41, 5.74) is 1.00. The van der Waals surface area contributed by atoms with Crippen molar-refractivity contribution in [3.63, 3.8) is 0 Å². The molecule has 0 amide bonds. The summed E-state index contributed by atoms with van der Waals surface area (Å²) in [6.45, 7) is 0.471. The van der Waals surface area contributed by atoms with Gasteiger partial charge in [0.1, 0.15) is 6.10 Å². The average molecular weight is 229 g/mol. The molecule has 0 fully saturated rings. The lowest BCUT2D eigenvalue weighted by atomic mass is 10.1. The summed E-state index contributed by atoms with van der Waals surface area (Å²) in [5, 5.41) is 0.621. The highest BCUT2D eigenvalue weighted by atomic mass is 79.9. The van der Waals surface area contributed by atoms with Crippen molar-refractivity contribution in [3.05, 3.63) is 35.9 Å². The molecular weight excluding hydrogens is 220 g/mol.